The highest BCUT2D eigenvalue weighted by atomic mass is 19.1. The molecule has 2 aromatic carbocycles. The molecule has 162 valence electrons. The largest absolute Gasteiger partial charge is 0.378 e. The number of carbonyl (C=O) groups excluding carboxylic acids is 3. The topological polar surface area (TPSA) is 79.0 Å². The van der Waals surface area contributed by atoms with Gasteiger partial charge >= 0.3 is 6.03 Å². The van der Waals surface area contributed by atoms with Gasteiger partial charge in [0.2, 0.25) is 0 Å². The highest BCUT2D eigenvalue weighted by Crippen LogP contribution is 2.30. The summed E-state index contributed by atoms with van der Waals surface area (Å²) >= 11 is 0. The van der Waals surface area contributed by atoms with Gasteiger partial charge in [-0.05, 0) is 36.8 Å². The Bertz CT molecular complexity index is 1040. The Morgan fingerprint density at radius 1 is 1.10 bits per heavy atom. The predicted molar refractivity (Wildman–Crippen MR) is 108 cm³/mol. The molecule has 1 unspecified atom stereocenters. The second-order valence-electron chi connectivity index (χ2n) is 7.64. The summed E-state index contributed by atoms with van der Waals surface area (Å²) in [6.45, 7) is 3.73. The van der Waals surface area contributed by atoms with Crippen LogP contribution in [0.5, 0.6) is 0 Å². The third-order valence-corrected chi connectivity index (χ3v) is 5.63. The van der Waals surface area contributed by atoms with E-state index in [1.807, 2.05) is 12.1 Å². The molecule has 0 radical (unpaired) electrons. The van der Waals surface area contributed by atoms with E-state index in [9.17, 15) is 23.2 Å². The number of nitrogens with one attached hydrogen (secondary N) is 1. The second kappa shape index (κ2) is 8.07. The maximum absolute atomic E-state index is 13.9. The van der Waals surface area contributed by atoms with Gasteiger partial charge in [-0.15, -0.1) is 0 Å². The third-order valence-electron chi connectivity index (χ3n) is 5.63. The molecule has 1 N–H and O–H groups in total. The van der Waals surface area contributed by atoms with Gasteiger partial charge in [-0.3, -0.25) is 14.5 Å². The van der Waals surface area contributed by atoms with E-state index in [1.165, 1.54) is 0 Å². The van der Waals surface area contributed by atoms with Gasteiger partial charge in [0.05, 0.1) is 25.3 Å². The van der Waals surface area contributed by atoms with Gasteiger partial charge in [0.25, 0.3) is 5.91 Å². The summed E-state index contributed by atoms with van der Waals surface area (Å²) in [6.07, 6.45) is 0. The number of anilines is 1. The number of rotatable bonds is 5. The predicted octanol–water partition coefficient (Wildman–Crippen LogP) is 2.45. The molecular weight excluding hydrogens is 408 g/mol. The van der Waals surface area contributed by atoms with Crippen LogP contribution in [-0.4, -0.2) is 55.5 Å². The fraction of sp³-hybridized carbons (Fsp3) is 0.318. The fourth-order valence-corrected chi connectivity index (χ4v) is 3.81. The van der Waals surface area contributed by atoms with E-state index in [0.717, 1.165) is 35.8 Å². The van der Waals surface area contributed by atoms with Gasteiger partial charge in [0.1, 0.15) is 17.2 Å². The average molecular weight is 429 g/mol. The monoisotopic (exact) mass is 429 g/mol. The number of benzene rings is 2. The van der Waals surface area contributed by atoms with Gasteiger partial charge in [-0.1, -0.05) is 12.1 Å². The first kappa shape index (κ1) is 20.9. The molecule has 2 saturated heterocycles. The van der Waals surface area contributed by atoms with E-state index >= 15 is 0 Å². The number of Topliss-reactive ketones (excluding diaryl/α,β-unsaturated/α-hetero) is 1. The number of hydrogen-bond donors (Lipinski definition) is 1. The van der Waals surface area contributed by atoms with Crippen LogP contribution in [0.1, 0.15) is 22.8 Å². The van der Waals surface area contributed by atoms with Crippen molar-refractivity contribution in [1.29, 1.82) is 0 Å². The number of imide groups is 1. The maximum Gasteiger partial charge on any atom is 0.325 e. The zero-order chi connectivity index (χ0) is 22.2. The first-order valence-corrected chi connectivity index (χ1v) is 9.85. The number of amides is 3. The van der Waals surface area contributed by atoms with Crippen molar-refractivity contribution in [2.24, 2.45) is 0 Å². The van der Waals surface area contributed by atoms with Crippen LogP contribution in [0.3, 0.4) is 0 Å². The Balaban J connectivity index is 1.52. The van der Waals surface area contributed by atoms with E-state index in [-0.39, 0.29) is 5.56 Å². The quantitative estimate of drug-likeness (QED) is 0.584. The molecule has 1 atom stereocenters. The highest BCUT2D eigenvalue weighted by Gasteiger charge is 2.49. The van der Waals surface area contributed by atoms with Crippen LogP contribution in [0.25, 0.3) is 0 Å². The number of urea groups is 1. The van der Waals surface area contributed by atoms with Crippen LogP contribution in [-0.2, 0) is 15.1 Å². The van der Waals surface area contributed by atoms with Crippen molar-refractivity contribution in [3.05, 3.63) is 65.2 Å². The molecule has 0 bridgehead atoms. The van der Waals surface area contributed by atoms with Crippen molar-refractivity contribution in [2.45, 2.75) is 12.5 Å². The Labute approximate surface area is 177 Å². The third kappa shape index (κ3) is 3.88. The molecular formula is C22H21F2N3O4. The number of ether oxygens (including phenoxy) is 1. The number of hydrogen-bond acceptors (Lipinski definition) is 5. The molecule has 2 aromatic rings. The summed E-state index contributed by atoms with van der Waals surface area (Å²) in [7, 11) is 0. The first-order chi connectivity index (χ1) is 14.8. The molecule has 4 rings (SSSR count). The van der Waals surface area contributed by atoms with Crippen LogP contribution in [0.15, 0.2) is 42.5 Å². The molecule has 31 heavy (non-hydrogen) atoms. The van der Waals surface area contributed by atoms with Crippen molar-refractivity contribution < 1.29 is 27.9 Å². The van der Waals surface area contributed by atoms with Crippen molar-refractivity contribution >= 4 is 23.4 Å². The summed E-state index contributed by atoms with van der Waals surface area (Å²) in [4.78, 5) is 40.8. The van der Waals surface area contributed by atoms with Gasteiger partial charge in [-0.2, -0.15) is 0 Å². The zero-order valence-corrected chi connectivity index (χ0v) is 16.9. The van der Waals surface area contributed by atoms with E-state index < -0.39 is 41.4 Å². The lowest BCUT2D eigenvalue weighted by Gasteiger charge is -2.29. The lowest BCUT2D eigenvalue weighted by molar-refractivity contribution is -0.130. The van der Waals surface area contributed by atoms with Crippen LogP contribution >= 0.6 is 0 Å². The summed E-state index contributed by atoms with van der Waals surface area (Å²) in [5.41, 5.74) is -0.204. The van der Waals surface area contributed by atoms with Crippen LogP contribution in [0.4, 0.5) is 19.3 Å². The van der Waals surface area contributed by atoms with Gasteiger partial charge in [0, 0.05) is 24.8 Å². The van der Waals surface area contributed by atoms with E-state index in [1.54, 1.807) is 19.1 Å². The normalized spacial score (nSPS) is 21.4. The molecule has 9 heteroatoms. The Morgan fingerprint density at radius 2 is 1.77 bits per heavy atom. The smallest absolute Gasteiger partial charge is 0.325 e. The minimum absolute atomic E-state index is 0.384. The Morgan fingerprint density at radius 3 is 2.42 bits per heavy atom. The average Bonchev–Trinajstić information content (AvgIpc) is 2.98. The first-order valence-electron chi connectivity index (χ1n) is 9.85. The lowest BCUT2D eigenvalue weighted by Crippen LogP contribution is -2.41. The molecule has 7 nitrogen and oxygen atoms in total. The van der Waals surface area contributed by atoms with Gasteiger partial charge in [-0.25, -0.2) is 13.6 Å². The number of morpholine rings is 1. The van der Waals surface area contributed by atoms with E-state index in [0.29, 0.717) is 24.8 Å². The minimum Gasteiger partial charge on any atom is -0.378 e. The molecule has 2 heterocycles. The van der Waals surface area contributed by atoms with E-state index in [2.05, 4.69) is 10.2 Å². The van der Waals surface area contributed by atoms with Crippen molar-refractivity contribution in [3.8, 4) is 0 Å². The van der Waals surface area contributed by atoms with Crippen LogP contribution < -0.4 is 10.2 Å². The summed E-state index contributed by atoms with van der Waals surface area (Å²) < 4.78 is 32.3. The molecule has 2 aliphatic rings. The summed E-state index contributed by atoms with van der Waals surface area (Å²) in [5, 5.41) is 2.62. The van der Waals surface area contributed by atoms with E-state index in [4.69, 9.17) is 4.74 Å². The van der Waals surface area contributed by atoms with Crippen molar-refractivity contribution in [1.82, 2.24) is 10.2 Å². The molecule has 2 fully saturated rings. The molecule has 2 aliphatic heterocycles. The molecule has 3 amide bonds. The number of nitrogens with zero attached hydrogens (tertiary/aromatic N) is 2. The lowest BCUT2D eigenvalue weighted by atomic mass is 9.91. The molecule has 0 aromatic heterocycles. The summed E-state index contributed by atoms with van der Waals surface area (Å²) in [6, 6.07) is 9.03. The van der Waals surface area contributed by atoms with Gasteiger partial charge < -0.3 is 15.0 Å². The van der Waals surface area contributed by atoms with Crippen molar-refractivity contribution in [2.75, 3.05) is 37.7 Å². The molecule has 0 saturated carbocycles. The Kier molecular flexibility index (Phi) is 5.45. The molecule has 0 aliphatic carbocycles. The standard InChI is InChI=1S/C22H21F2N3O4/c1-22(14-2-5-16(6-3-14)26-8-10-31-11-9-26)20(29)27(21(30)25-22)13-19(28)17-7-4-15(23)12-18(17)24/h2-7,12H,8-11,13H2,1H3,(H,25,30). The molecule has 0 spiro atoms. The second-order valence-corrected chi connectivity index (χ2v) is 7.64. The number of halogens is 2. The minimum atomic E-state index is -1.36. The zero-order valence-electron chi connectivity index (χ0n) is 16.9. The van der Waals surface area contributed by atoms with Crippen molar-refractivity contribution in [3.63, 3.8) is 0 Å². The van der Waals surface area contributed by atoms with Crippen LogP contribution in [0.2, 0.25) is 0 Å². The number of carbonyl (C=O) groups is 3. The summed E-state index contributed by atoms with van der Waals surface area (Å²) in [5.74, 6) is -3.28. The van der Waals surface area contributed by atoms with Gasteiger partial charge in [0.15, 0.2) is 5.78 Å². The number of ketones is 1. The Hall–Kier alpha value is -3.33. The highest BCUT2D eigenvalue weighted by molar-refractivity contribution is 6.11. The SMILES string of the molecule is CC1(c2ccc(N3CCOCC3)cc2)NC(=O)N(CC(=O)c2ccc(F)cc2F)C1=O. The van der Waals surface area contributed by atoms with Crippen LogP contribution in [0, 0.1) is 11.6 Å². The fourth-order valence-electron chi connectivity index (χ4n) is 3.81. The maximum atomic E-state index is 13.9.